The molecule has 0 saturated carbocycles. The van der Waals surface area contributed by atoms with E-state index in [1.165, 1.54) is 13.2 Å². The van der Waals surface area contributed by atoms with Crippen molar-refractivity contribution in [2.75, 3.05) is 26.9 Å². The summed E-state index contributed by atoms with van der Waals surface area (Å²) in [4.78, 5) is 11.2. The molecule has 0 aliphatic carbocycles. The van der Waals surface area contributed by atoms with Crippen molar-refractivity contribution >= 4 is 5.97 Å². The Kier molecular flexibility index (Phi) is 5.14. The SMILES string of the molecule is COCCOC(=O)/C=C1/CC[C@H](CO)O1. The molecule has 0 aromatic rings. The summed E-state index contributed by atoms with van der Waals surface area (Å²) in [5.74, 6) is 0.150. The highest BCUT2D eigenvalue weighted by Gasteiger charge is 2.20. The molecular formula is C10H16O5. The maximum atomic E-state index is 11.2. The van der Waals surface area contributed by atoms with E-state index in [1.54, 1.807) is 0 Å². The van der Waals surface area contributed by atoms with Crippen LogP contribution in [0.15, 0.2) is 11.8 Å². The zero-order chi connectivity index (χ0) is 11.1. The quantitative estimate of drug-likeness (QED) is 0.405. The van der Waals surface area contributed by atoms with Crippen molar-refractivity contribution in [2.45, 2.75) is 18.9 Å². The number of ether oxygens (including phenoxy) is 3. The summed E-state index contributed by atoms with van der Waals surface area (Å²) in [5, 5.41) is 8.81. The highest BCUT2D eigenvalue weighted by atomic mass is 16.6. The minimum atomic E-state index is -0.430. The average molecular weight is 216 g/mol. The van der Waals surface area contributed by atoms with E-state index >= 15 is 0 Å². The van der Waals surface area contributed by atoms with E-state index in [0.717, 1.165) is 6.42 Å². The molecule has 1 heterocycles. The number of rotatable bonds is 5. The van der Waals surface area contributed by atoms with Gasteiger partial charge in [-0.05, 0) is 6.42 Å². The first kappa shape index (κ1) is 12.0. The summed E-state index contributed by atoms with van der Waals surface area (Å²) in [6, 6.07) is 0. The molecular weight excluding hydrogens is 200 g/mol. The Morgan fingerprint density at radius 1 is 1.67 bits per heavy atom. The summed E-state index contributed by atoms with van der Waals surface area (Å²) >= 11 is 0. The van der Waals surface area contributed by atoms with Gasteiger partial charge in [-0.15, -0.1) is 0 Å². The molecule has 86 valence electrons. The number of hydrogen-bond donors (Lipinski definition) is 1. The fourth-order valence-electron chi connectivity index (χ4n) is 1.27. The predicted molar refractivity (Wildman–Crippen MR) is 52.1 cm³/mol. The van der Waals surface area contributed by atoms with Crippen molar-refractivity contribution < 1.29 is 24.1 Å². The highest BCUT2D eigenvalue weighted by Crippen LogP contribution is 2.22. The summed E-state index contributed by atoms with van der Waals surface area (Å²) in [6.45, 7) is 0.605. The van der Waals surface area contributed by atoms with Crippen LogP contribution in [0.1, 0.15) is 12.8 Å². The molecule has 0 radical (unpaired) electrons. The average Bonchev–Trinajstić information content (AvgIpc) is 2.66. The minimum Gasteiger partial charge on any atom is -0.492 e. The number of methoxy groups -OCH3 is 1. The lowest BCUT2D eigenvalue weighted by Gasteiger charge is -2.06. The molecule has 0 aromatic carbocycles. The Hall–Kier alpha value is -1.07. The number of hydrogen-bond acceptors (Lipinski definition) is 5. The number of aliphatic hydroxyl groups excluding tert-OH is 1. The zero-order valence-electron chi connectivity index (χ0n) is 8.77. The van der Waals surface area contributed by atoms with E-state index < -0.39 is 5.97 Å². The van der Waals surface area contributed by atoms with Gasteiger partial charge < -0.3 is 19.3 Å². The Bertz CT molecular complexity index is 236. The molecule has 5 nitrogen and oxygen atoms in total. The van der Waals surface area contributed by atoms with Crippen molar-refractivity contribution in [1.29, 1.82) is 0 Å². The standard InChI is InChI=1S/C10H16O5/c1-13-4-5-14-10(12)6-8-2-3-9(7-11)15-8/h6,9,11H,2-5,7H2,1H3/b8-6-/t9-/m1/s1. The number of aliphatic hydroxyl groups is 1. The fraction of sp³-hybridized carbons (Fsp3) is 0.700. The molecule has 1 fully saturated rings. The van der Waals surface area contributed by atoms with Crippen LogP contribution in [0.3, 0.4) is 0 Å². The van der Waals surface area contributed by atoms with Gasteiger partial charge in [-0.2, -0.15) is 0 Å². The maximum Gasteiger partial charge on any atom is 0.334 e. The van der Waals surface area contributed by atoms with Crippen LogP contribution in [0.2, 0.25) is 0 Å². The normalized spacial score (nSPS) is 22.8. The van der Waals surface area contributed by atoms with E-state index in [9.17, 15) is 4.79 Å². The van der Waals surface area contributed by atoms with Crippen molar-refractivity contribution in [1.82, 2.24) is 0 Å². The van der Waals surface area contributed by atoms with Crippen LogP contribution in [-0.2, 0) is 19.0 Å². The van der Waals surface area contributed by atoms with Crippen molar-refractivity contribution in [3.8, 4) is 0 Å². The van der Waals surface area contributed by atoms with Gasteiger partial charge in [0.15, 0.2) is 0 Å². The van der Waals surface area contributed by atoms with Gasteiger partial charge in [0.05, 0.1) is 19.3 Å². The summed E-state index contributed by atoms with van der Waals surface area (Å²) < 4.78 is 14.8. The van der Waals surface area contributed by atoms with E-state index in [1.807, 2.05) is 0 Å². The largest absolute Gasteiger partial charge is 0.492 e. The number of carbonyl (C=O) groups excluding carboxylic acids is 1. The number of carbonyl (C=O) groups is 1. The third-order valence-corrected chi connectivity index (χ3v) is 2.05. The Labute approximate surface area is 88.6 Å². The van der Waals surface area contributed by atoms with E-state index in [4.69, 9.17) is 19.3 Å². The molecule has 1 aliphatic heterocycles. The van der Waals surface area contributed by atoms with Gasteiger partial charge in [0.1, 0.15) is 18.5 Å². The van der Waals surface area contributed by atoms with Crippen LogP contribution in [0.5, 0.6) is 0 Å². The van der Waals surface area contributed by atoms with Gasteiger partial charge in [-0.1, -0.05) is 0 Å². The maximum absolute atomic E-state index is 11.2. The van der Waals surface area contributed by atoms with Gasteiger partial charge in [0, 0.05) is 13.5 Å². The summed E-state index contributed by atoms with van der Waals surface area (Å²) in [5.41, 5.74) is 0. The fourth-order valence-corrected chi connectivity index (χ4v) is 1.27. The first-order chi connectivity index (χ1) is 7.26. The molecule has 5 heteroatoms. The van der Waals surface area contributed by atoms with Crippen molar-refractivity contribution in [2.24, 2.45) is 0 Å². The third kappa shape index (κ3) is 4.31. The van der Waals surface area contributed by atoms with Crippen LogP contribution in [0.25, 0.3) is 0 Å². The molecule has 1 N–H and O–H groups in total. The van der Waals surface area contributed by atoms with Crippen LogP contribution in [0.4, 0.5) is 0 Å². The first-order valence-electron chi connectivity index (χ1n) is 4.90. The van der Waals surface area contributed by atoms with Crippen LogP contribution >= 0.6 is 0 Å². The van der Waals surface area contributed by atoms with Crippen LogP contribution in [0, 0.1) is 0 Å². The summed E-state index contributed by atoms with van der Waals surface area (Å²) in [6.07, 6.45) is 2.56. The Balaban J connectivity index is 2.27. The molecule has 0 bridgehead atoms. The van der Waals surface area contributed by atoms with Gasteiger partial charge in [0.2, 0.25) is 0 Å². The Morgan fingerprint density at radius 2 is 2.47 bits per heavy atom. The van der Waals surface area contributed by atoms with E-state index in [0.29, 0.717) is 18.8 Å². The lowest BCUT2D eigenvalue weighted by atomic mass is 10.2. The number of allylic oxidation sites excluding steroid dienone is 1. The molecule has 0 spiro atoms. The lowest BCUT2D eigenvalue weighted by Crippen LogP contribution is -2.10. The molecule has 1 rings (SSSR count). The van der Waals surface area contributed by atoms with Crippen molar-refractivity contribution in [3.05, 3.63) is 11.8 Å². The van der Waals surface area contributed by atoms with Crippen molar-refractivity contribution in [3.63, 3.8) is 0 Å². The highest BCUT2D eigenvalue weighted by molar-refractivity contribution is 5.82. The van der Waals surface area contributed by atoms with E-state index in [2.05, 4.69) is 0 Å². The first-order valence-corrected chi connectivity index (χ1v) is 4.90. The van der Waals surface area contributed by atoms with Crippen LogP contribution < -0.4 is 0 Å². The molecule has 1 aliphatic rings. The molecule has 1 atom stereocenters. The molecule has 0 aromatic heterocycles. The lowest BCUT2D eigenvalue weighted by molar-refractivity contribution is -0.139. The monoisotopic (exact) mass is 216 g/mol. The number of esters is 1. The third-order valence-electron chi connectivity index (χ3n) is 2.05. The second-order valence-electron chi connectivity index (χ2n) is 3.23. The predicted octanol–water partition coefficient (Wildman–Crippen LogP) is 0.231. The van der Waals surface area contributed by atoms with Gasteiger partial charge >= 0.3 is 5.97 Å². The Morgan fingerprint density at radius 3 is 3.07 bits per heavy atom. The molecule has 0 amide bonds. The van der Waals surface area contributed by atoms with Gasteiger partial charge in [0.25, 0.3) is 0 Å². The van der Waals surface area contributed by atoms with E-state index in [-0.39, 0.29) is 19.3 Å². The molecule has 0 unspecified atom stereocenters. The zero-order valence-corrected chi connectivity index (χ0v) is 8.77. The molecule has 1 saturated heterocycles. The van der Waals surface area contributed by atoms with Gasteiger partial charge in [-0.25, -0.2) is 4.79 Å². The second-order valence-corrected chi connectivity index (χ2v) is 3.23. The van der Waals surface area contributed by atoms with Gasteiger partial charge in [-0.3, -0.25) is 0 Å². The van der Waals surface area contributed by atoms with Crippen LogP contribution in [-0.4, -0.2) is 44.1 Å². The smallest absolute Gasteiger partial charge is 0.334 e. The summed E-state index contributed by atoms with van der Waals surface area (Å²) in [7, 11) is 1.54. The second kappa shape index (κ2) is 6.42. The topological polar surface area (TPSA) is 65.0 Å². The minimum absolute atomic E-state index is 0.0178. The molecule has 15 heavy (non-hydrogen) atoms.